The van der Waals surface area contributed by atoms with Gasteiger partial charge in [0.15, 0.2) is 0 Å². The van der Waals surface area contributed by atoms with Crippen LogP contribution in [0.25, 0.3) is 11.4 Å². The van der Waals surface area contributed by atoms with Crippen LogP contribution in [0.3, 0.4) is 0 Å². The van der Waals surface area contributed by atoms with Gasteiger partial charge < -0.3 is 10.3 Å². The quantitative estimate of drug-likeness (QED) is 0.904. The summed E-state index contributed by atoms with van der Waals surface area (Å²) in [6, 6.07) is 5.58. The Kier molecular flexibility index (Phi) is 3.84. The van der Waals surface area contributed by atoms with Crippen LogP contribution in [0.1, 0.15) is 25.2 Å². The maximum Gasteiger partial charge on any atom is 0.227 e. The van der Waals surface area contributed by atoms with Crippen molar-refractivity contribution in [1.82, 2.24) is 10.1 Å². The Labute approximate surface area is 130 Å². The highest BCUT2D eigenvalue weighted by atomic mass is 79.9. The summed E-state index contributed by atoms with van der Waals surface area (Å²) in [5, 5.41) is 4.70. The number of halogens is 2. The lowest BCUT2D eigenvalue weighted by Gasteiger charge is -2.39. The summed E-state index contributed by atoms with van der Waals surface area (Å²) in [6.45, 7) is 0.678. The van der Waals surface area contributed by atoms with E-state index in [9.17, 15) is 0 Å². The molecular formula is C14H15BrClN3O. The zero-order valence-corrected chi connectivity index (χ0v) is 13.2. The van der Waals surface area contributed by atoms with Crippen LogP contribution in [0.5, 0.6) is 0 Å². The molecule has 0 aliphatic heterocycles. The van der Waals surface area contributed by atoms with Crippen molar-refractivity contribution >= 4 is 27.5 Å². The van der Waals surface area contributed by atoms with E-state index in [0.29, 0.717) is 23.3 Å². The van der Waals surface area contributed by atoms with Crippen molar-refractivity contribution in [2.75, 3.05) is 6.54 Å². The molecule has 0 unspecified atom stereocenters. The number of nitrogens with zero attached hydrogens (tertiary/aromatic N) is 2. The zero-order valence-electron chi connectivity index (χ0n) is 10.9. The molecule has 0 amide bonds. The molecule has 1 aliphatic carbocycles. The van der Waals surface area contributed by atoms with Crippen molar-refractivity contribution in [3.8, 4) is 11.4 Å². The van der Waals surface area contributed by atoms with Crippen LogP contribution in [0, 0.1) is 5.41 Å². The van der Waals surface area contributed by atoms with E-state index in [1.54, 1.807) is 0 Å². The molecule has 2 aromatic rings. The Morgan fingerprint density at radius 2 is 2.20 bits per heavy atom. The lowest BCUT2D eigenvalue weighted by atomic mass is 9.67. The molecule has 6 heteroatoms. The Morgan fingerprint density at radius 1 is 1.40 bits per heavy atom. The Hall–Kier alpha value is -0.910. The summed E-state index contributed by atoms with van der Waals surface area (Å²) in [5.74, 6) is 1.25. The van der Waals surface area contributed by atoms with E-state index in [1.807, 2.05) is 18.2 Å². The molecule has 106 valence electrons. The average molecular weight is 357 g/mol. The average Bonchev–Trinajstić information content (AvgIpc) is 2.85. The number of nitrogens with two attached hydrogens (primary N) is 1. The van der Waals surface area contributed by atoms with Crippen molar-refractivity contribution in [1.29, 1.82) is 0 Å². The molecule has 0 spiro atoms. The highest BCUT2D eigenvalue weighted by Gasteiger charge is 2.37. The third kappa shape index (κ3) is 2.62. The number of benzene rings is 1. The Bertz CT molecular complexity index is 619. The van der Waals surface area contributed by atoms with Crippen molar-refractivity contribution in [2.45, 2.75) is 25.7 Å². The number of hydrogen-bond donors (Lipinski definition) is 1. The number of aromatic nitrogens is 2. The molecule has 1 fully saturated rings. The first kappa shape index (κ1) is 14.0. The molecule has 20 heavy (non-hydrogen) atoms. The van der Waals surface area contributed by atoms with E-state index in [1.165, 1.54) is 6.42 Å². The fourth-order valence-electron chi connectivity index (χ4n) is 2.53. The fourth-order valence-corrected chi connectivity index (χ4v) is 3.03. The second-order valence-electron chi connectivity index (χ2n) is 5.38. The van der Waals surface area contributed by atoms with E-state index < -0.39 is 0 Å². The van der Waals surface area contributed by atoms with Crippen LogP contribution in [0.4, 0.5) is 0 Å². The van der Waals surface area contributed by atoms with Crippen LogP contribution in [0.2, 0.25) is 5.02 Å². The third-order valence-electron chi connectivity index (χ3n) is 4.02. The molecular weight excluding hydrogens is 342 g/mol. The number of hydrogen-bond acceptors (Lipinski definition) is 4. The second kappa shape index (κ2) is 5.47. The fraction of sp³-hybridized carbons (Fsp3) is 0.429. The summed E-state index contributed by atoms with van der Waals surface area (Å²) in [5.41, 5.74) is 6.91. The van der Waals surface area contributed by atoms with Crippen molar-refractivity contribution in [2.24, 2.45) is 11.1 Å². The van der Waals surface area contributed by atoms with Gasteiger partial charge in [0.05, 0.1) is 5.02 Å². The molecule has 0 atom stereocenters. The molecule has 1 saturated carbocycles. The molecule has 1 heterocycles. The van der Waals surface area contributed by atoms with E-state index in [2.05, 4.69) is 26.1 Å². The van der Waals surface area contributed by atoms with Crippen LogP contribution < -0.4 is 5.73 Å². The maximum absolute atomic E-state index is 5.98. The molecule has 1 aromatic carbocycles. The Morgan fingerprint density at radius 3 is 2.80 bits per heavy atom. The largest absolute Gasteiger partial charge is 0.339 e. The van der Waals surface area contributed by atoms with Crippen LogP contribution in [-0.4, -0.2) is 16.7 Å². The van der Waals surface area contributed by atoms with Crippen molar-refractivity contribution < 1.29 is 4.52 Å². The standard InChI is InChI=1S/C14H15BrClN3O/c15-10-6-9(2-3-11(10)16)13-18-12(20-19-13)7-14(8-17)4-1-5-14/h2-3,6H,1,4-5,7-8,17H2. The van der Waals surface area contributed by atoms with Gasteiger partial charge in [-0.05, 0) is 58.9 Å². The van der Waals surface area contributed by atoms with Gasteiger partial charge in [-0.25, -0.2) is 0 Å². The van der Waals surface area contributed by atoms with Crippen LogP contribution in [-0.2, 0) is 6.42 Å². The zero-order chi connectivity index (χ0) is 14.2. The van der Waals surface area contributed by atoms with Gasteiger partial charge in [0.25, 0.3) is 0 Å². The van der Waals surface area contributed by atoms with E-state index in [0.717, 1.165) is 29.3 Å². The lowest BCUT2D eigenvalue weighted by Crippen LogP contribution is -2.39. The SMILES string of the molecule is NCC1(Cc2nc(-c3ccc(Cl)c(Br)c3)no2)CCC1. The first-order chi connectivity index (χ1) is 9.62. The van der Waals surface area contributed by atoms with Gasteiger partial charge in [0.2, 0.25) is 11.7 Å². The normalized spacial score (nSPS) is 16.9. The van der Waals surface area contributed by atoms with Gasteiger partial charge in [-0.2, -0.15) is 4.98 Å². The number of rotatable bonds is 4. The summed E-state index contributed by atoms with van der Waals surface area (Å²) in [4.78, 5) is 4.47. The third-order valence-corrected chi connectivity index (χ3v) is 5.23. The van der Waals surface area contributed by atoms with Gasteiger partial charge >= 0.3 is 0 Å². The Balaban J connectivity index is 1.81. The summed E-state index contributed by atoms with van der Waals surface area (Å²) < 4.78 is 6.18. The molecule has 2 N–H and O–H groups in total. The smallest absolute Gasteiger partial charge is 0.227 e. The van der Waals surface area contributed by atoms with Gasteiger partial charge in [-0.15, -0.1) is 0 Å². The van der Waals surface area contributed by atoms with E-state index in [4.69, 9.17) is 21.9 Å². The summed E-state index contributed by atoms with van der Waals surface area (Å²) >= 11 is 9.38. The lowest BCUT2D eigenvalue weighted by molar-refractivity contribution is 0.129. The van der Waals surface area contributed by atoms with Crippen LogP contribution in [0.15, 0.2) is 27.2 Å². The monoisotopic (exact) mass is 355 g/mol. The minimum Gasteiger partial charge on any atom is -0.339 e. The van der Waals surface area contributed by atoms with Crippen molar-refractivity contribution in [3.63, 3.8) is 0 Å². The highest BCUT2D eigenvalue weighted by Crippen LogP contribution is 2.42. The molecule has 4 nitrogen and oxygen atoms in total. The first-order valence-corrected chi connectivity index (χ1v) is 7.77. The molecule has 1 aromatic heterocycles. The minimum absolute atomic E-state index is 0.171. The van der Waals surface area contributed by atoms with Gasteiger partial charge in [-0.1, -0.05) is 23.2 Å². The molecule has 3 rings (SSSR count). The van der Waals surface area contributed by atoms with Gasteiger partial charge in [0, 0.05) is 16.5 Å². The predicted octanol–water partition coefficient (Wildman–Crippen LogP) is 3.82. The molecule has 0 radical (unpaired) electrons. The molecule has 1 aliphatic rings. The first-order valence-electron chi connectivity index (χ1n) is 6.60. The van der Waals surface area contributed by atoms with E-state index >= 15 is 0 Å². The minimum atomic E-state index is 0.171. The summed E-state index contributed by atoms with van der Waals surface area (Å²) in [7, 11) is 0. The van der Waals surface area contributed by atoms with Gasteiger partial charge in [0.1, 0.15) is 0 Å². The second-order valence-corrected chi connectivity index (χ2v) is 6.64. The topological polar surface area (TPSA) is 64.9 Å². The molecule has 0 bridgehead atoms. The molecule has 0 saturated heterocycles. The van der Waals surface area contributed by atoms with Crippen LogP contribution >= 0.6 is 27.5 Å². The van der Waals surface area contributed by atoms with Gasteiger partial charge in [-0.3, -0.25) is 0 Å². The predicted molar refractivity (Wildman–Crippen MR) is 81.5 cm³/mol. The highest BCUT2D eigenvalue weighted by molar-refractivity contribution is 9.10. The summed E-state index contributed by atoms with van der Waals surface area (Å²) in [6.07, 6.45) is 4.30. The van der Waals surface area contributed by atoms with E-state index in [-0.39, 0.29) is 5.41 Å². The maximum atomic E-state index is 5.98. The van der Waals surface area contributed by atoms with Crippen molar-refractivity contribution in [3.05, 3.63) is 33.6 Å².